The smallest absolute Gasteiger partial charge is 0.340 e. The molecule has 0 aromatic heterocycles. The third-order valence-electron chi connectivity index (χ3n) is 4.56. The molecule has 0 N–H and O–H groups in total. The highest BCUT2D eigenvalue weighted by Gasteiger charge is 2.21. The predicted molar refractivity (Wildman–Crippen MR) is 112 cm³/mol. The second-order valence-corrected chi connectivity index (χ2v) is 6.52. The fourth-order valence-corrected chi connectivity index (χ4v) is 2.81. The maximum absolute atomic E-state index is 15.1. The number of halogens is 1. The molecule has 0 bridgehead atoms. The summed E-state index contributed by atoms with van der Waals surface area (Å²) in [5.41, 5.74) is 1.42. The summed E-state index contributed by atoms with van der Waals surface area (Å²) < 4.78 is 41.5. The minimum Gasteiger partial charge on any atom is -0.497 e. The summed E-state index contributed by atoms with van der Waals surface area (Å²) in [6, 6.07) is 17.3. The number of carbonyl (C=O) groups excluding carboxylic acids is 1. The van der Waals surface area contributed by atoms with Crippen LogP contribution in [0, 0.1) is 5.82 Å². The monoisotopic (exact) mass is 426 g/mol. The number of ether oxygens (including phenoxy) is 5. The van der Waals surface area contributed by atoms with Crippen LogP contribution in [0.3, 0.4) is 0 Å². The van der Waals surface area contributed by atoms with Crippen LogP contribution in [0.5, 0.6) is 23.0 Å². The second-order valence-electron chi connectivity index (χ2n) is 6.52. The molecule has 0 saturated heterocycles. The minimum atomic E-state index is -0.840. The van der Waals surface area contributed by atoms with E-state index in [9.17, 15) is 4.79 Å². The van der Waals surface area contributed by atoms with E-state index in [0.29, 0.717) is 5.75 Å². The quantitative estimate of drug-likeness (QED) is 0.459. The molecule has 0 radical (unpaired) electrons. The first-order valence-electron chi connectivity index (χ1n) is 9.48. The van der Waals surface area contributed by atoms with E-state index < -0.39 is 11.8 Å². The lowest BCUT2D eigenvalue weighted by Gasteiger charge is -2.15. The van der Waals surface area contributed by atoms with E-state index in [1.807, 2.05) is 12.1 Å². The van der Waals surface area contributed by atoms with Crippen LogP contribution in [0.2, 0.25) is 0 Å². The normalized spacial score (nSPS) is 10.3. The highest BCUT2D eigenvalue weighted by Crippen LogP contribution is 2.34. The summed E-state index contributed by atoms with van der Waals surface area (Å²) in [5, 5.41) is 0. The number of hydrogen-bond acceptors (Lipinski definition) is 6. The predicted octanol–water partition coefficient (Wildman–Crippen LogP) is 4.79. The molecule has 0 aliphatic rings. The molecule has 162 valence electrons. The lowest BCUT2D eigenvalue weighted by atomic mass is 10.1. The molecule has 7 heteroatoms. The van der Waals surface area contributed by atoms with Crippen molar-refractivity contribution in [1.29, 1.82) is 0 Å². The fraction of sp³-hybridized carbons (Fsp3) is 0.208. The molecule has 3 rings (SSSR count). The topological polar surface area (TPSA) is 63.2 Å². The van der Waals surface area contributed by atoms with Gasteiger partial charge in [0.05, 0.1) is 26.9 Å². The Kier molecular flexibility index (Phi) is 7.32. The molecule has 0 unspecified atom stereocenters. The molecule has 31 heavy (non-hydrogen) atoms. The van der Waals surface area contributed by atoms with Crippen molar-refractivity contribution >= 4 is 5.97 Å². The Balaban J connectivity index is 1.82. The molecule has 6 nitrogen and oxygen atoms in total. The molecular weight excluding hydrogens is 403 g/mol. The zero-order valence-electron chi connectivity index (χ0n) is 17.5. The van der Waals surface area contributed by atoms with Gasteiger partial charge in [0.1, 0.15) is 24.7 Å². The largest absolute Gasteiger partial charge is 0.497 e. The summed E-state index contributed by atoms with van der Waals surface area (Å²) in [7, 11) is 4.35. The Morgan fingerprint density at radius 1 is 0.742 bits per heavy atom. The first-order valence-corrected chi connectivity index (χ1v) is 9.48. The van der Waals surface area contributed by atoms with Crippen molar-refractivity contribution in [2.24, 2.45) is 0 Å². The molecule has 0 spiro atoms. The van der Waals surface area contributed by atoms with E-state index in [1.165, 1.54) is 19.2 Å². The van der Waals surface area contributed by atoms with Crippen molar-refractivity contribution < 1.29 is 32.9 Å². The van der Waals surface area contributed by atoms with Crippen LogP contribution < -0.4 is 18.9 Å². The SMILES string of the molecule is COC(=O)c1ccc(OCc2ccc(OC)cc2)c(OCc2ccc(OC)cc2)c1F. The molecular formula is C24H23FO6. The van der Waals surface area contributed by atoms with Crippen molar-refractivity contribution in [3.8, 4) is 23.0 Å². The molecule has 0 atom stereocenters. The van der Waals surface area contributed by atoms with Crippen LogP contribution in [0.1, 0.15) is 21.5 Å². The van der Waals surface area contributed by atoms with Gasteiger partial charge in [0.25, 0.3) is 0 Å². The molecule has 0 saturated carbocycles. The Morgan fingerprint density at radius 3 is 1.74 bits per heavy atom. The summed E-state index contributed by atoms with van der Waals surface area (Å²) >= 11 is 0. The van der Waals surface area contributed by atoms with Gasteiger partial charge < -0.3 is 23.7 Å². The lowest BCUT2D eigenvalue weighted by Crippen LogP contribution is -2.09. The molecule has 0 fully saturated rings. The first-order chi connectivity index (χ1) is 15.0. The van der Waals surface area contributed by atoms with Crippen LogP contribution >= 0.6 is 0 Å². The second kappa shape index (κ2) is 10.3. The summed E-state index contributed by atoms with van der Waals surface area (Å²) in [5.74, 6) is -0.199. The lowest BCUT2D eigenvalue weighted by molar-refractivity contribution is 0.0594. The zero-order chi connectivity index (χ0) is 22.2. The van der Waals surface area contributed by atoms with Gasteiger partial charge in [0.15, 0.2) is 17.3 Å². The van der Waals surface area contributed by atoms with E-state index in [2.05, 4.69) is 4.74 Å². The van der Waals surface area contributed by atoms with Crippen molar-refractivity contribution in [2.75, 3.05) is 21.3 Å². The molecule has 0 amide bonds. The standard InChI is InChI=1S/C24H23FO6/c1-27-18-8-4-16(5-9-18)14-30-21-13-12-20(24(26)29-3)22(25)23(21)31-15-17-6-10-19(28-2)11-7-17/h4-13H,14-15H2,1-3H3. The zero-order valence-corrected chi connectivity index (χ0v) is 17.5. The van der Waals surface area contributed by atoms with Crippen LogP contribution in [0.25, 0.3) is 0 Å². The molecule has 0 aliphatic heterocycles. The van der Waals surface area contributed by atoms with Crippen LogP contribution in [-0.4, -0.2) is 27.3 Å². The van der Waals surface area contributed by atoms with Crippen molar-refractivity contribution in [2.45, 2.75) is 13.2 Å². The van der Waals surface area contributed by atoms with Gasteiger partial charge in [-0.05, 0) is 47.5 Å². The van der Waals surface area contributed by atoms with Crippen LogP contribution in [0.15, 0.2) is 60.7 Å². The number of carbonyl (C=O) groups is 1. The third kappa shape index (κ3) is 5.45. The maximum Gasteiger partial charge on any atom is 0.340 e. The van der Waals surface area contributed by atoms with E-state index in [0.717, 1.165) is 16.9 Å². The molecule has 3 aromatic carbocycles. The van der Waals surface area contributed by atoms with Crippen LogP contribution in [0.4, 0.5) is 4.39 Å². The Hall–Kier alpha value is -3.74. The van der Waals surface area contributed by atoms with E-state index in [1.54, 1.807) is 50.6 Å². The van der Waals surface area contributed by atoms with E-state index in [-0.39, 0.29) is 30.3 Å². The Bertz CT molecular complexity index is 1020. The van der Waals surface area contributed by atoms with Gasteiger partial charge in [-0.1, -0.05) is 24.3 Å². The van der Waals surface area contributed by atoms with Gasteiger partial charge in [0.2, 0.25) is 0 Å². The fourth-order valence-electron chi connectivity index (χ4n) is 2.81. The number of rotatable bonds is 9. The summed E-state index contributed by atoms with van der Waals surface area (Å²) in [4.78, 5) is 11.9. The third-order valence-corrected chi connectivity index (χ3v) is 4.56. The molecule has 0 heterocycles. The minimum absolute atomic E-state index is 0.0738. The van der Waals surface area contributed by atoms with E-state index >= 15 is 4.39 Å². The number of esters is 1. The van der Waals surface area contributed by atoms with Gasteiger partial charge in [-0.15, -0.1) is 0 Å². The molecule has 0 aliphatic carbocycles. The van der Waals surface area contributed by atoms with Gasteiger partial charge in [-0.3, -0.25) is 0 Å². The number of benzene rings is 3. The van der Waals surface area contributed by atoms with Crippen LogP contribution in [-0.2, 0) is 18.0 Å². The highest BCUT2D eigenvalue weighted by atomic mass is 19.1. The molecule has 3 aromatic rings. The van der Waals surface area contributed by atoms with Crippen molar-refractivity contribution in [3.05, 3.63) is 83.2 Å². The van der Waals surface area contributed by atoms with Gasteiger partial charge in [-0.2, -0.15) is 0 Å². The Labute approximate surface area is 180 Å². The van der Waals surface area contributed by atoms with E-state index in [4.69, 9.17) is 18.9 Å². The van der Waals surface area contributed by atoms with Gasteiger partial charge in [-0.25, -0.2) is 9.18 Å². The number of methoxy groups -OCH3 is 3. The van der Waals surface area contributed by atoms with Gasteiger partial charge >= 0.3 is 5.97 Å². The maximum atomic E-state index is 15.1. The average Bonchev–Trinajstić information content (AvgIpc) is 2.82. The first kappa shape index (κ1) is 22.0. The Morgan fingerprint density at radius 2 is 1.26 bits per heavy atom. The highest BCUT2D eigenvalue weighted by molar-refractivity contribution is 5.90. The van der Waals surface area contributed by atoms with Gasteiger partial charge in [0, 0.05) is 0 Å². The summed E-state index contributed by atoms with van der Waals surface area (Å²) in [6.45, 7) is 0.254. The number of hydrogen-bond donors (Lipinski definition) is 0. The van der Waals surface area contributed by atoms with Crippen molar-refractivity contribution in [1.82, 2.24) is 0 Å². The van der Waals surface area contributed by atoms with Crippen molar-refractivity contribution in [3.63, 3.8) is 0 Å². The average molecular weight is 426 g/mol. The summed E-state index contributed by atoms with van der Waals surface area (Å²) in [6.07, 6.45) is 0.